The van der Waals surface area contributed by atoms with Crippen LogP contribution in [0.15, 0.2) is 54.7 Å². The molecule has 0 spiro atoms. The lowest BCUT2D eigenvalue weighted by Gasteiger charge is -2.36. The summed E-state index contributed by atoms with van der Waals surface area (Å²) >= 11 is 5.96. The zero-order chi connectivity index (χ0) is 29.8. The molecule has 0 aliphatic carbocycles. The van der Waals surface area contributed by atoms with Crippen LogP contribution in [0.3, 0.4) is 0 Å². The summed E-state index contributed by atoms with van der Waals surface area (Å²) in [5.74, 6) is 1.74. The van der Waals surface area contributed by atoms with E-state index in [9.17, 15) is 0 Å². The van der Waals surface area contributed by atoms with Crippen molar-refractivity contribution >= 4 is 46.4 Å². The zero-order valence-electron chi connectivity index (χ0n) is 24.5. The fraction of sp³-hybridized carbons (Fsp3) is 0.387. The number of piperazine rings is 2. The normalized spacial score (nSPS) is 16.5. The Balaban J connectivity index is 1.25. The molecule has 6 rings (SSSR count). The molecule has 43 heavy (non-hydrogen) atoms. The molecule has 226 valence electrons. The number of thiazole rings is 1. The van der Waals surface area contributed by atoms with Gasteiger partial charge in [-0.2, -0.15) is 12.6 Å². The molecule has 0 saturated carbocycles. The fourth-order valence-electron chi connectivity index (χ4n) is 5.45. The lowest BCUT2D eigenvalue weighted by molar-refractivity contribution is 0.273. The van der Waals surface area contributed by atoms with Crippen molar-refractivity contribution in [2.75, 3.05) is 93.9 Å². The Morgan fingerprint density at radius 3 is 2.49 bits per heavy atom. The molecular formula is C31H37FN8OS2. The van der Waals surface area contributed by atoms with Crippen molar-refractivity contribution in [2.45, 2.75) is 0 Å². The van der Waals surface area contributed by atoms with Crippen LogP contribution in [-0.4, -0.2) is 104 Å². The largest absolute Gasteiger partial charge is 0.497 e. The van der Waals surface area contributed by atoms with Crippen LogP contribution in [0.4, 0.5) is 26.8 Å². The monoisotopic (exact) mass is 620 g/mol. The number of anilines is 4. The number of methoxy groups -OCH3 is 1. The number of thiol groups is 1. The second kappa shape index (κ2) is 13.5. The van der Waals surface area contributed by atoms with Gasteiger partial charge >= 0.3 is 0 Å². The molecule has 0 unspecified atom stereocenters. The van der Waals surface area contributed by atoms with Gasteiger partial charge in [-0.05, 0) is 43.4 Å². The van der Waals surface area contributed by atoms with Gasteiger partial charge in [0.05, 0.1) is 29.1 Å². The van der Waals surface area contributed by atoms with Crippen LogP contribution < -0.4 is 19.9 Å². The minimum atomic E-state index is -0.261. The molecule has 0 bridgehead atoms. The van der Waals surface area contributed by atoms with Gasteiger partial charge in [0.15, 0.2) is 5.13 Å². The van der Waals surface area contributed by atoms with Crippen LogP contribution in [0, 0.1) is 5.82 Å². The van der Waals surface area contributed by atoms with E-state index < -0.39 is 0 Å². The summed E-state index contributed by atoms with van der Waals surface area (Å²) in [6.07, 6.45) is 1.73. The van der Waals surface area contributed by atoms with Crippen LogP contribution in [0.1, 0.15) is 0 Å². The Kier molecular flexibility index (Phi) is 9.27. The highest BCUT2D eigenvalue weighted by atomic mass is 32.1. The highest BCUT2D eigenvalue weighted by Gasteiger charge is 2.23. The third-order valence-electron chi connectivity index (χ3n) is 7.95. The predicted molar refractivity (Wildman–Crippen MR) is 177 cm³/mol. The number of aromatic nitrogens is 3. The van der Waals surface area contributed by atoms with E-state index in [4.69, 9.17) is 14.7 Å². The molecule has 2 saturated heterocycles. The molecule has 12 heteroatoms. The van der Waals surface area contributed by atoms with E-state index in [0.29, 0.717) is 17.3 Å². The molecule has 2 aliphatic rings. The summed E-state index contributed by atoms with van der Waals surface area (Å²) in [7, 11) is 3.81. The van der Waals surface area contributed by atoms with Crippen molar-refractivity contribution in [1.82, 2.24) is 24.8 Å². The summed E-state index contributed by atoms with van der Waals surface area (Å²) < 4.78 is 20.8. The Hall–Kier alpha value is -3.45. The molecular weight excluding hydrogens is 584 g/mol. The number of benzene rings is 2. The number of nitrogens with one attached hydrogen (secondary N) is 1. The van der Waals surface area contributed by atoms with Gasteiger partial charge in [-0.15, -0.1) is 0 Å². The number of rotatable bonds is 9. The van der Waals surface area contributed by atoms with Gasteiger partial charge in [0.1, 0.15) is 11.6 Å². The van der Waals surface area contributed by atoms with Gasteiger partial charge in [-0.25, -0.2) is 19.3 Å². The first-order valence-electron chi connectivity index (χ1n) is 14.6. The highest BCUT2D eigenvalue weighted by Crippen LogP contribution is 2.41. The van der Waals surface area contributed by atoms with E-state index in [1.807, 2.05) is 42.5 Å². The number of likely N-dealkylation sites (N-methyl/N-ethyl adjacent to an activating group) is 1. The molecule has 0 atom stereocenters. The summed E-state index contributed by atoms with van der Waals surface area (Å²) in [6, 6.07) is 15.1. The van der Waals surface area contributed by atoms with Crippen molar-refractivity contribution in [1.29, 1.82) is 0 Å². The molecule has 9 nitrogen and oxygen atoms in total. The minimum absolute atomic E-state index is 0.261. The average Bonchev–Trinajstić information content (AvgIpc) is 3.48. The maximum absolute atomic E-state index is 15.3. The maximum Gasteiger partial charge on any atom is 0.227 e. The molecule has 2 aromatic carbocycles. The van der Waals surface area contributed by atoms with Crippen LogP contribution in [-0.2, 0) is 0 Å². The van der Waals surface area contributed by atoms with Gasteiger partial charge in [0.25, 0.3) is 0 Å². The summed E-state index contributed by atoms with van der Waals surface area (Å²) in [4.78, 5) is 24.5. The Bertz CT molecular complexity index is 1540. The van der Waals surface area contributed by atoms with Crippen molar-refractivity contribution in [3.8, 4) is 27.6 Å². The molecule has 1 N–H and O–H groups in total. The fourth-order valence-corrected chi connectivity index (χ4v) is 6.84. The van der Waals surface area contributed by atoms with E-state index in [2.05, 4.69) is 49.6 Å². The second-order valence-corrected chi connectivity index (χ2v) is 12.2. The average molecular weight is 621 g/mol. The van der Waals surface area contributed by atoms with Gasteiger partial charge in [0, 0.05) is 82.1 Å². The molecule has 0 radical (unpaired) electrons. The Morgan fingerprint density at radius 2 is 1.74 bits per heavy atom. The van der Waals surface area contributed by atoms with E-state index >= 15 is 4.39 Å². The van der Waals surface area contributed by atoms with Crippen LogP contribution in [0.2, 0.25) is 0 Å². The molecule has 2 fully saturated rings. The Labute approximate surface area is 261 Å². The second-order valence-electron chi connectivity index (χ2n) is 10.8. The summed E-state index contributed by atoms with van der Waals surface area (Å²) in [6.45, 7) is 8.20. The standard InChI is InChI=1S/C31H37FN8OS2/c1-37-10-14-40(15-11-37)31-36-28(22-4-3-5-24(20-22)41-2)29(43-31)26-8-9-33-30(35-26)34-23-6-7-27(25(32)21-23)39-16-12-38(13-17-39)18-19-42/h3-9,20-21,42H,10-19H2,1-2H3,(H,33,34,35). The lowest BCUT2D eigenvalue weighted by Crippen LogP contribution is -2.47. The smallest absolute Gasteiger partial charge is 0.227 e. The maximum atomic E-state index is 15.3. The van der Waals surface area contributed by atoms with Crippen LogP contribution in [0.5, 0.6) is 5.75 Å². The zero-order valence-corrected chi connectivity index (χ0v) is 26.3. The first-order chi connectivity index (χ1) is 21.0. The molecule has 2 aromatic heterocycles. The molecule has 4 heterocycles. The first-order valence-corrected chi connectivity index (χ1v) is 16.0. The number of hydrogen-bond donors (Lipinski definition) is 2. The minimum Gasteiger partial charge on any atom is -0.497 e. The first kappa shape index (κ1) is 29.6. The third kappa shape index (κ3) is 6.87. The van der Waals surface area contributed by atoms with Gasteiger partial charge < -0.3 is 24.8 Å². The highest BCUT2D eigenvalue weighted by molar-refractivity contribution is 7.80. The van der Waals surface area contributed by atoms with Crippen molar-refractivity contribution in [3.05, 3.63) is 60.5 Å². The topological polar surface area (TPSA) is 72.9 Å². The molecule has 2 aliphatic heterocycles. The SMILES string of the molecule is COc1cccc(-c2nc(N3CCN(C)CC3)sc2-c2ccnc(Nc3ccc(N4CCN(CCS)CC4)c(F)c3)n2)c1. The number of ether oxygens (including phenoxy) is 1. The van der Waals surface area contributed by atoms with Gasteiger partial charge in [-0.1, -0.05) is 23.5 Å². The third-order valence-corrected chi connectivity index (χ3v) is 9.29. The number of nitrogens with zero attached hydrogens (tertiary/aromatic N) is 7. The predicted octanol–water partition coefficient (Wildman–Crippen LogP) is 4.96. The van der Waals surface area contributed by atoms with E-state index in [0.717, 1.165) is 97.4 Å². The van der Waals surface area contributed by atoms with E-state index in [1.165, 1.54) is 6.07 Å². The van der Waals surface area contributed by atoms with Crippen LogP contribution in [0.25, 0.3) is 21.8 Å². The molecule has 0 amide bonds. The molecule has 4 aromatic rings. The van der Waals surface area contributed by atoms with E-state index in [1.54, 1.807) is 24.6 Å². The summed E-state index contributed by atoms with van der Waals surface area (Å²) in [5.41, 5.74) is 3.79. The summed E-state index contributed by atoms with van der Waals surface area (Å²) in [5, 5.41) is 4.18. The number of halogens is 1. The number of hydrogen-bond acceptors (Lipinski definition) is 11. The van der Waals surface area contributed by atoms with Crippen molar-refractivity contribution < 1.29 is 9.13 Å². The lowest BCUT2D eigenvalue weighted by atomic mass is 10.1. The van der Waals surface area contributed by atoms with Crippen LogP contribution >= 0.6 is 24.0 Å². The van der Waals surface area contributed by atoms with Gasteiger partial charge in [0.2, 0.25) is 5.95 Å². The van der Waals surface area contributed by atoms with Crippen molar-refractivity contribution in [2.24, 2.45) is 0 Å². The quantitative estimate of drug-likeness (QED) is 0.253. The van der Waals surface area contributed by atoms with Crippen molar-refractivity contribution in [3.63, 3.8) is 0 Å². The Morgan fingerprint density at radius 1 is 0.953 bits per heavy atom. The van der Waals surface area contributed by atoms with Gasteiger partial charge in [-0.3, -0.25) is 4.90 Å². The van der Waals surface area contributed by atoms with E-state index in [-0.39, 0.29) is 5.82 Å².